The second-order valence-corrected chi connectivity index (χ2v) is 5.43. The Balaban J connectivity index is 1.58. The minimum atomic E-state index is -0.0750. The third kappa shape index (κ3) is 3.86. The molecule has 1 fully saturated rings. The molecule has 1 heterocycles. The van der Waals surface area contributed by atoms with Crippen LogP contribution in [0.5, 0.6) is 11.5 Å². The van der Waals surface area contributed by atoms with Gasteiger partial charge in [0.25, 0.3) is 0 Å². The average Bonchev–Trinajstić information content (AvgIpc) is 2.58. The first kappa shape index (κ1) is 14.6. The highest BCUT2D eigenvalue weighted by molar-refractivity contribution is 5.94. The molecule has 114 valence electrons. The summed E-state index contributed by atoms with van der Waals surface area (Å²) in [5.74, 6) is 1.59. The molecule has 0 aromatic heterocycles. The molecule has 0 saturated carbocycles. The van der Waals surface area contributed by atoms with Crippen molar-refractivity contribution < 1.29 is 9.53 Å². The van der Waals surface area contributed by atoms with Gasteiger partial charge in [-0.25, -0.2) is 0 Å². The minimum Gasteiger partial charge on any atom is -0.457 e. The van der Waals surface area contributed by atoms with Crippen LogP contribution < -0.4 is 15.4 Å². The lowest BCUT2D eigenvalue weighted by Crippen LogP contribution is -2.43. The van der Waals surface area contributed by atoms with E-state index in [2.05, 4.69) is 10.6 Å². The summed E-state index contributed by atoms with van der Waals surface area (Å²) in [5, 5.41) is 6.19. The lowest BCUT2D eigenvalue weighted by Gasteiger charge is -2.22. The maximum atomic E-state index is 12.1. The summed E-state index contributed by atoms with van der Waals surface area (Å²) < 4.78 is 5.73. The SMILES string of the molecule is O=C(Nc1ccc(Oc2ccccc2)cc1)C1CCCCN1. The summed E-state index contributed by atoms with van der Waals surface area (Å²) in [7, 11) is 0. The van der Waals surface area contributed by atoms with Gasteiger partial charge in [0, 0.05) is 5.69 Å². The van der Waals surface area contributed by atoms with Gasteiger partial charge in [-0.2, -0.15) is 0 Å². The standard InChI is InChI=1S/C18H20N2O2/c21-18(17-8-4-5-13-19-17)20-14-9-11-16(12-10-14)22-15-6-2-1-3-7-15/h1-3,6-7,9-12,17,19H,4-5,8,13H2,(H,20,21). The van der Waals surface area contributed by atoms with E-state index in [1.807, 2.05) is 54.6 Å². The molecule has 0 aliphatic carbocycles. The van der Waals surface area contributed by atoms with Crippen LogP contribution in [0.15, 0.2) is 54.6 Å². The number of carbonyl (C=O) groups is 1. The van der Waals surface area contributed by atoms with Crippen LogP contribution in [0, 0.1) is 0 Å². The number of carbonyl (C=O) groups excluding carboxylic acids is 1. The van der Waals surface area contributed by atoms with Crippen molar-refractivity contribution >= 4 is 11.6 Å². The summed E-state index contributed by atoms with van der Waals surface area (Å²) in [6.07, 6.45) is 3.16. The van der Waals surface area contributed by atoms with Crippen LogP contribution >= 0.6 is 0 Å². The Bertz CT molecular complexity index is 605. The first-order valence-electron chi connectivity index (χ1n) is 7.68. The zero-order valence-electron chi connectivity index (χ0n) is 12.4. The van der Waals surface area contributed by atoms with Gasteiger partial charge in [-0.3, -0.25) is 4.79 Å². The molecular weight excluding hydrogens is 276 g/mol. The van der Waals surface area contributed by atoms with Gasteiger partial charge in [-0.05, 0) is 55.8 Å². The fourth-order valence-corrected chi connectivity index (χ4v) is 2.54. The quantitative estimate of drug-likeness (QED) is 0.907. The zero-order valence-corrected chi connectivity index (χ0v) is 12.4. The summed E-state index contributed by atoms with van der Waals surface area (Å²) in [6, 6.07) is 17.0. The van der Waals surface area contributed by atoms with Gasteiger partial charge >= 0.3 is 0 Å². The molecule has 2 N–H and O–H groups in total. The molecular formula is C18H20N2O2. The predicted octanol–water partition coefficient (Wildman–Crippen LogP) is 3.56. The third-order valence-electron chi connectivity index (χ3n) is 3.73. The van der Waals surface area contributed by atoms with Crippen LogP contribution in [0.3, 0.4) is 0 Å². The largest absolute Gasteiger partial charge is 0.457 e. The molecule has 0 radical (unpaired) electrons. The number of piperidine rings is 1. The molecule has 1 atom stereocenters. The minimum absolute atomic E-state index is 0.0384. The second-order valence-electron chi connectivity index (χ2n) is 5.43. The molecule has 2 aromatic carbocycles. The van der Waals surface area contributed by atoms with Crippen LogP contribution in [0.1, 0.15) is 19.3 Å². The maximum absolute atomic E-state index is 12.1. The molecule has 0 bridgehead atoms. The van der Waals surface area contributed by atoms with Gasteiger partial charge in [-0.1, -0.05) is 24.6 Å². The molecule has 1 unspecified atom stereocenters. The van der Waals surface area contributed by atoms with Crippen LogP contribution in [0.2, 0.25) is 0 Å². The molecule has 1 saturated heterocycles. The van der Waals surface area contributed by atoms with E-state index in [1.165, 1.54) is 0 Å². The van der Waals surface area contributed by atoms with Gasteiger partial charge in [0.05, 0.1) is 6.04 Å². The fraction of sp³-hybridized carbons (Fsp3) is 0.278. The van der Waals surface area contributed by atoms with Crippen molar-refractivity contribution in [2.45, 2.75) is 25.3 Å². The molecule has 1 aliphatic heterocycles. The van der Waals surface area contributed by atoms with Gasteiger partial charge in [0.15, 0.2) is 0 Å². The predicted molar refractivity (Wildman–Crippen MR) is 87.2 cm³/mol. The Labute approximate surface area is 130 Å². The summed E-state index contributed by atoms with van der Waals surface area (Å²) in [5.41, 5.74) is 0.790. The third-order valence-corrected chi connectivity index (χ3v) is 3.73. The van der Waals surface area contributed by atoms with Crippen molar-refractivity contribution in [3.63, 3.8) is 0 Å². The molecule has 4 heteroatoms. The molecule has 1 aliphatic rings. The summed E-state index contributed by atoms with van der Waals surface area (Å²) >= 11 is 0. The van der Waals surface area contributed by atoms with Crippen LogP contribution in [-0.4, -0.2) is 18.5 Å². The van der Waals surface area contributed by atoms with Gasteiger partial charge in [-0.15, -0.1) is 0 Å². The monoisotopic (exact) mass is 296 g/mol. The highest BCUT2D eigenvalue weighted by Gasteiger charge is 2.20. The van der Waals surface area contributed by atoms with Gasteiger partial charge < -0.3 is 15.4 Å². The van der Waals surface area contributed by atoms with Gasteiger partial charge in [0.1, 0.15) is 11.5 Å². The number of amides is 1. The Kier molecular flexibility index (Phi) is 4.71. The summed E-state index contributed by atoms with van der Waals surface area (Å²) in [6.45, 7) is 0.919. The number of benzene rings is 2. The van der Waals surface area contributed by atoms with E-state index in [9.17, 15) is 4.79 Å². The van der Waals surface area contributed by atoms with Gasteiger partial charge in [0.2, 0.25) is 5.91 Å². The van der Waals surface area contributed by atoms with E-state index in [0.717, 1.165) is 43.0 Å². The van der Waals surface area contributed by atoms with Crippen molar-refractivity contribution in [2.24, 2.45) is 0 Å². The molecule has 1 amide bonds. The fourth-order valence-electron chi connectivity index (χ4n) is 2.54. The molecule has 22 heavy (non-hydrogen) atoms. The Hall–Kier alpha value is -2.33. The highest BCUT2D eigenvalue weighted by Crippen LogP contribution is 2.22. The average molecular weight is 296 g/mol. The van der Waals surface area contributed by atoms with E-state index in [0.29, 0.717) is 0 Å². The van der Waals surface area contributed by atoms with Crippen molar-refractivity contribution in [1.82, 2.24) is 5.32 Å². The maximum Gasteiger partial charge on any atom is 0.241 e. The van der Waals surface area contributed by atoms with E-state index >= 15 is 0 Å². The topological polar surface area (TPSA) is 50.4 Å². The number of hydrogen-bond acceptors (Lipinski definition) is 3. The molecule has 0 spiro atoms. The molecule has 4 nitrogen and oxygen atoms in total. The van der Waals surface area contributed by atoms with E-state index in [1.54, 1.807) is 0 Å². The summed E-state index contributed by atoms with van der Waals surface area (Å²) in [4.78, 5) is 12.1. The first-order chi connectivity index (χ1) is 10.8. The Morgan fingerprint density at radius 3 is 2.41 bits per heavy atom. The van der Waals surface area contributed by atoms with Crippen LogP contribution in [0.25, 0.3) is 0 Å². The zero-order chi connectivity index (χ0) is 15.2. The number of ether oxygens (including phenoxy) is 1. The number of anilines is 1. The van der Waals surface area contributed by atoms with E-state index in [4.69, 9.17) is 4.74 Å². The lowest BCUT2D eigenvalue weighted by molar-refractivity contribution is -0.118. The number of para-hydroxylation sites is 1. The Morgan fingerprint density at radius 2 is 1.73 bits per heavy atom. The normalized spacial score (nSPS) is 17.7. The molecule has 2 aromatic rings. The van der Waals surface area contributed by atoms with Crippen molar-refractivity contribution in [3.8, 4) is 11.5 Å². The van der Waals surface area contributed by atoms with Crippen LogP contribution in [0.4, 0.5) is 5.69 Å². The van der Waals surface area contributed by atoms with E-state index < -0.39 is 0 Å². The van der Waals surface area contributed by atoms with Crippen molar-refractivity contribution in [3.05, 3.63) is 54.6 Å². The number of nitrogens with one attached hydrogen (secondary N) is 2. The van der Waals surface area contributed by atoms with Crippen molar-refractivity contribution in [2.75, 3.05) is 11.9 Å². The first-order valence-corrected chi connectivity index (χ1v) is 7.68. The van der Waals surface area contributed by atoms with E-state index in [-0.39, 0.29) is 11.9 Å². The Morgan fingerprint density at radius 1 is 1.00 bits per heavy atom. The second kappa shape index (κ2) is 7.09. The lowest BCUT2D eigenvalue weighted by atomic mass is 10.0. The number of rotatable bonds is 4. The van der Waals surface area contributed by atoms with Crippen molar-refractivity contribution in [1.29, 1.82) is 0 Å². The highest BCUT2D eigenvalue weighted by atomic mass is 16.5. The van der Waals surface area contributed by atoms with Crippen LogP contribution in [-0.2, 0) is 4.79 Å². The smallest absolute Gasteiger partial charge is 0.241 e. The molecule has 3 rings (SSSR count). The number of hydrogen-bond donors (Lipinski definition) is 2.